The van der Waals surface area contributed by atoms with Crippen molar-refractivity contribution in [2.24, 2.45) is 7.05 Å². The number of thiophene rings is 1. The number of hydrogen-bond acceptors (Lipinski definition) is 3. The first kappa shape index (κ1) is 18.1. The number of rotatable bonds is 3. The van der Waals surface area contributed by atoms with Gasteiger partial charge in [-0.05, 0) is 36.6 Å². The minimum atomic E-state index is -4.44. The fourth-order valence-electron chi connectivity index (χ4n) is 2.84. The second-order valence-corrected chi connectivity index (χ2v) is 7.11. The van der Waals surface area contributed by atoms with Gasteiger partial charge in [0.2, 0.25) is 0 Å². The Morgan fingerprint density at radius 1 is 1.20 bits per heavy atom. The lowest BCUT2D eigenvalue weighted by molar-refractivity contribution is -0.143. The van der Waals surface area contributed by atoms with Crippen molar-refractivity contribution in [1.82, 2.24) is 14.7 Å². The Hall–Kier alpha value is -1.74. The molecule has 0 bridgehead atoms. The van der Waals surface area contributed by atoms with Crippen LogP contribution in [0.5, 0.6) is 0 Å². The zero-order chi connectivity index (χ0) is 18.2. The topological polar surface area (TPSA) is 21.1 Å². The molecule has 0 radical (unpaired) electrons. The van der Waals surface area contributed by atoms with E-state index in [0.29, 0.717) is 37.4 Å². The third-order valence-electron chi connectivity index (χ3n) is 4.19. The molecule has 2 aromatic rings. The largest absolute Gasteiger partial charge is 0.433 e. The molecule has 2 aromatic heterocycles. The van der Waals surface area contributed by atoms with Crippen LogP contribution in [0.25, 0.3) is 10.6 Å². The van der Waals surface area contributed by atoms with E-state index in [4.69, 9.17) is 0 Å². The molecule has 25 heavy (non-hydrogen) atoms. The molecule has 0 N–H and O–H groups in total. The van der Waals surface area contributed by atoms with Crippen LogP contribution in [0, 0.1) is 0 Å². The summed E-state index contributed by atoms with van der Waals surface area (Å²) in [6.45, 7) is 1.72. The lowest BCUT2D eigenvalue weighted by Gasteiger charge is -2.27. The standard InChI is InChI=1S/C16H16F5N3S/c1-23-14(16(19,20)21)8-12(22-23)13-3-2-11(25-13)9-24-6-4-10(5-7-24)15(17)18/h2-3,8H,4-7,9H2,1H3. The summed E-state index contributed by atoms with van der Waals surface area (Å²) >= 11 is 1.37. The van der Waals surface area contributed by atoms with Crippen molar-refractivity contribution < 1.29 is 22.0 Å². The van der Waals surface area contributed by atoms with Crippen LogP contribution >= 0.6 is 11.3 Å². The Balaban J connectivity index is 1.68. The fraction of sp³-hybridized carbons (Fsp3) is 0.438. The monoisotopic (exact) mass is 377 g/mol. The van der Waals surface area contributed by atoms with E-state index in [1.807, 2.05) is 6.07 Å². The van der Waals surface area contributed by atoms with Gasteiger partial charge >= 0.3 is 6.18 Å². The Morgan fingerprint density at radius 2 is 1.88 bits per heavy atom. The van der Waals surface area contributed by atoms with Crippen molar-refractivity contribution in [3.8, 4) is 10.6 Å². The van der Waals surface area contributed by atoms with Gasteiger partial charge in [-0.2, -0.15) is 27.1 Å². The number of hydrogen-bond donors (Lipinski definition) is 0. The van der Waals surface area contributed by atoms with E-state index in [9.17, 15) is 22.0 Å². The van der Waals surface area contributed by atoms with Gasteiger partial charge in [0, 0.05) is 31.6 Å². The van der Waals surface area contributed by atoms with Crippen LogP contribution in [-0.2, 0) is 19.8 Å². The van der Waals surface area contributed by atoms with Crippen LogP contribution in [0.2, 0.25) is 0 Å². The first-order valence-corrected chi connectivity index (χ1v) is 8.51. The summed E-state index contributed by atoms with van der Waals surface area (Å²) < 4.78 is 64.5. The van der Waals surface area contributed by atoms with Gasteiger partial charge in [-0.3, -0.25) is 9.58 Å². The number of aryl methyl sites for hydroxylation is 1. The summed E-state index contributed by atoms with van der Waals surface area (Å²) in [5.41, 5.74) is -0.285. The molecule has 0 saturated carbocycles. The molecule has 0 aromatic carbocycles. The highest BCUT2D eigenvalue weighted by Gasteiger charge is 2.35. The summed E-state index contributed by atoms with van der Waals surface area (Å²) in [7, 11) is 1.27. The normalized spacial score (nSPS) is 16.5. The number of nitrogens with zero attached hydrogens (tertiary/aromatic N) is 3. The van der Waals surface area contributed by atoms with Crippen LogP contribution in [0.3, 0.4) is 0 Å². The first-order valence-electron chi connectivity index (χ1n) is 7.69. The third-order valence-corrected chi connectivity index (χ3v) is 5.28. The van der Waals surface area contributed by atoms with Crippen molar-refractivity contribution in [3.63, 3.8) is 0 Å². The first-order chi connectivity index (χ1) is 11.7. The highest BCUT2D eigenvalue weighted by molar-refractivity contribution is 7.15. The lowest BCUT2D eigenvalue weighted by Crippen LogP contribution is -2.30. The van der Waals surface area contributed by atoms with E-state index in [-0.39, 0.29) is 11.3 Å². The predicted molar refractivity (Wildman–Crippen MR) is 85.3 cm³/mol. The molecule has 1 fully saturated rings. The van der Waals surface area contributed by atoms with Crippen molar-refractivity contribution in [2.45, 2.75) is 25.6 Å². The summed E-state index contributed by atoms with van der Waals surface area (Å²) in [6, 6.07) is 4.64. The van der Waals surface area contributed by atoms with Gasteiger partial charge in [0.15, 0.2) is 0 Å². The molecule has 3 nitrogen and oxygen atoms in total. The van der Waals surface area contributed by atoms with Crippen molar-refractivity contribution >= 4 is 11.3 Å². The maximum Gasteiger partial charge on any atom is 0.433 e. The minimum Gasteiger partial charge on any atom is -0.298 e. The molecule has 3 heterocycles. The van der Waals surface area contributed by atoms with Crippen LogP contribution < -0.4 is 0 Å². The van der Waals surface area contributed by atoms with E-state index in [2.05, 4.69) is 10.00 Å². The van der Waals surface area contributed by atoms with Gasteiger partial charge < -0.3 is 0 Å². The Kier molecular flexibility index (Phi) is 4.97. The number of halogens is 5. The number of piperidine rings is 1. The van der Waals surface area contributed by atoms with Gasteiger partial charge in [-0.1, -0.05) is 0 Å². The smallest absolute Gasteiger partial charge is 0.298 e. The molecule has 0 aliphatic carbocycles. The lowest BCUT2D eigenvalue weighted by atomic mass is 10.1. The van der Waals surface area contributed by atoms with Gasteiger partial charge in [-0.15, -0.1) is 11.3 Å². The minimum absolute atomic E-state index is 0.219. The fourth-order valence-corrected chi connectivity index (χ4v) is 3.85. The number of alkyl halides is 3. The van der Waals surface area contributed by atoms with E-state index in [0.717, 1.165) is 15.6 Å². The highest BCUT2D eigenvalue weighted by Crippen LogP contribution is 2.34. The van der Waals surface area contributed by atoms with Crippen molar-refractivity contribution in [1.29, 1.82) is 0 Å². The zero-order valence-corrected chi connectivity index (χ0v) is 14.2. The average molecular weight is 377 g/mol. The summed E-state index contributed by atoms with van der Waals surface area (Å²) in [4.78, 5) is 3.71. The Morgan fingerprint density at radius 3 is 2.44 bits per heavy atom. The quantitative estimate of drug-likeness (QED) is 0.709. The molecular weight excluding hydrogens is 361 g/mol. The molecule has 0 spiro atoms. The SMILES string of the molecule is Cn1nc(-c2ccc(CN3CCC(=C(F)F)CC3)s2)cc1C(F)(F)F. The van der Waals surface area contributed by atoms with Gasteiger partial charge in [0.05, 0.1) is 4.88 Å². The third kappa shape index (κ3) is 4.09. The van der Waals surface area contributed by atoms with E-state index < -0.39 is 18.0 Å². The Bertz CT molecular complexity index is 776. The van der Waals surface area contributed by atoms with Gasteiger partial charge in [-0.25, -0.2) is 0 Å². The van der Waals surface area contributed by atoms with Crippen LogP contribution in [0.4, 0.5) is 22.0 Å². The van der Waals surface area contributed by atoms with Gasteiger partial charge in [0.25, 0.3) is 6.08 Å². The van der Waals surface area contributed by atoms with Crippen LogP contribution in [0.15, 0.2) is 29.9 Å². The summed E-state index contributed by atoms with van der Waals surface area (Å²) in [5, 5.41) is 3.94. The molecule has 0 amide bonds. The maximum atomic E-state index is 12.9. The molecule has 0 atom stereocenters. The van der Waals surface area contributed by atoms with Gasteiger partial charge in [0.1, 0.15) is 11.4 Å². The molecule has 0 unspecified atom stereocenters. The summed E-state index contributed by atoms with van der Waals surface area (Å²) in [6.07, 6.45) is -5.30. The molecule has 1 saturated heterocycles. The van der Waals surface area contributed by atoms with Crippen molar-refractivity contribution in [2.75, 3.05) is 13.1 Å². The van der Waals surface area contributed by atoms with Crippen LogP contribution in [-0.4, -0.2) is 27.8 Å². The Labute approximate surface area is 145 Å². The summed E-state index contributed by atoms with van der Waals surface area (Å²) in [5.74, 6) is 0. The molecule has 1 aliphatic rings. The second kappa shape index (κ2) is 6.87. The molecule has 1 aliphatic heterocycles. The molecule has 3 rings (SSSR count). The molecular formula is C16H16F5N3S. The zero-order valence-electron chi connectivity index (χ0n) is 13.4. The number of likely N-dealkylation sites (tertiary alicyclic amines) is 1. The number of aromatic nitrogens is 2. The predicted octanol–water partition coefficient (Wildman–Crippen LogP) is 4.91. The molecule has 9 heteroatoms. The van der Waals surface area contributed by atoms with Crippen molar-refractivity contribution in [3.05, 3.63) is 40.4 Å². The van der Waals surface area contributed by atoms with E-state index >= 15 is 0 Å². The average Bonchev–Trinajstić information content (AvgIpc) is 3.14. The molecule has 136 valence electrons. The highest BCUT2D eigenvalue weighted by atomic mass is 32.1. The van der Waals surface area contributed by atoms with E-state index in [1.165, 1.54) is 18.4 Å². The maximum absolute atomic E-state index is 12.9. The second-order valence-electron chi connectivity index (χ2n) is 5.94. The van der Waals surface area contributed by atoms with Crippen LogP contribution in [0.1, 0.15) is 23.4 Å². The van der Waals surface area contributed by atoms with E-state index in [1.54, 1.807) is 6.07 Å².